The van der Waals surface area contributed by atoms with Crippen molar-refractivity contribution in [3.8, 4) is 22.3 Å². The van der Waals surface area contributed by atoms with Crippen molar-refractivity contribution in [2.75, 3.05) is 0 Å². The SMILES string of the molecule is O=Cc1ccccc1F.c1ccc(-c2ccc(-c3ccccc3)cc2)cc1.c1ccc(Cc2ccccc2)cc1. The van der Waals surface area contributed by atoms with Crippen LogP contribution in [0.2, 0.25) is 0 Å². The second-order valence-electron chi connectivity index (χ2n) is 9.10. The molecule has 0 bridgehead atoms. The maximum Gasteiger partial charge on any atom is 0.152 e. The predicted octanol–water partition coefficient (Wildman–Crippen LogP) is 9.94. The largest absolute Gasteiger partial charge is 0.298 e. The van der Waals surface area contributed by atoms with Gasteiger partial charge in [-0.05, 0) is 51.9 Å². The lowest BCUT2D eigenvalue weighted by atomic mass is 10.0. The first kappa shape index (κ1) is 27.9. The summed E-state index contributed by atoms with van der Waals surface area (Å²) in [5.74, 6) is -0.465. The molecule has 0 spiro atoms. The molecule has 0 amide bonds. The molecule has 40 heavy (non-hydrogen) atoms. The van der Waals surface area contributed by atoms with Gasteiger partial charge in [-0.2, -0.15) is 0 Å². The van der Waals surface area contributed by atoms with E-state index < -0.39 is 5.82 Å². The van der Waals surface area contributed by atoms with Crippen LogP contribution in [0.4, 0.5) is 4.39 Å². The summed E-state index contributed by atoms with van der Waals surface area (Å²) in [6.45, 7) is 0. The van der Waals surface area contributed by atoms with Crippen molar-refractivity contribution in [2.45, 2.75) is 6.42 Å². The number of halogens is 1. The lowest BCUT2D eigenvalue weighted by molar-refractivity contribution is 0.112. The molecule has 2 heteroatoms. The number of benzene rings is 6. The van der Waals surface area contributed by atoms with Crippen molar-refractivity contribution in [1.29, 1.82) is 0 Å². The van der Waals surface area contributed by atoms with Crippen LogP contribution < -0.4 is 0 Å². The lowest BCUT2D eigenvalue weighted by Crippen LogP contribution is -1.85. The van der Waals surface area contributed by atoms with Crippen molar-refractivity contribution in [2.24, 2.45) is 0 Å². The second kappa shape index (κ2) is 15.4. The summed E-state index contributed by atoms with van der Waals surface area (Å²) in [6, 6.07) is 56.5. The molecule has 0 atom stereocenters. The van der Waals surface area contributed by atoms with Crippen LogP contribution >= 0.6 is 0 Å². The molecule has 6 aromatic carbocycles. The van der Waals surface area contributed by atoms with E-state index in [1.54, 1.807) is 12.1 Å². The van der Waals surface area contributed by atoms with E-state index >= 15 is 0 Å². The monoisotopic (exact) mass is 522 g/mol. The fourth-order valence-corrected chi connectivity index (χ4v) is 4.11. The van der Waals surface area contributed by atoms with Crippen LogP contribution in [0.1, 0.15) is 21.5 Å². The van der Waals surface area contributed by atoms with E-state index in [-0.39, 0.29) is 5.56 Å². The van der Waals surface area contributed by atoms with Crippen LogP contribution in [-0.2, 0) is 6.42 Å². The molecule has 0 N–H and O–H groups in total. The summed E-state index contributed by atoms with van der Waals surface area (Å²) in [7, 11) is 0. The molecule has 6 aromatic rings. The van der Waals surface area contributed by atoms with E-state index in [2.05, 4.69) is 133 Å². The van der Waals surface area contributed by atoms with Crippen molar-refractivity contribution in [3.63, 3.8) is 0 Å². The van der Waals surface area contributed by atoms with E-state index in [0.29, 0.717) is 6.29 Å². The van der Waals surface area contributed by atoms with Gasteiger partial charge in [-0.15, -0.1) is 0 Å². The molecule has 0 fully saturated rings. The van der Waals surface area contributed by atoms with Gasteiger partial charge in [0.2, 0.25) is 0 Å². The fourth-order valence-electron chi connectivity index (χ4n) is 4.11. The summed E-state index contributed by atoms with van der Waals surface area (Å²) in [6.07, 6.45) is 1.52. The molecular formula is C38H31FO. The zero-order chi connectivity index (χ0) is 27.8. The van der Waals surface area contributed by atoms with Crippen molar-refractivity contribution in [3.05, 3.63) is 192 Å². The van der Waals surface area contributed by atoms with Crippen molar-refractivity contribution < 1.29 is 9.18 Å². The van der Waals surface area contributed by atoms with Crippen LogP contribution in [-0.4, -0.2) is 6.29 Å². The summed E-state index contributed by atoms with van der Waals surface area (Å²) in [5.41, 5.74) is 7.89. The number of carbonyl (C=O) groups is 1. The van der Waals surface area contributed by atoms with Crippen LogP contribution in [0.5, 0.6) is 0 Å². The van der Waals surface area contributed by atoms with E-state index in [1.165, 1.54) is 45.5 Å². The van der Waals surface area contributed by atoms with Gasteiger partial charge in [-0.3, -0.25) is 4.79 Å². The summed E-state index contributed by atoms with van der Waals surface area (Å²) in [5, 5.41) is 0. The number of rotatable bonds is 5. The minimum atomic E-state index is -0.465. The molecule has 0 heterocycles. The van der Waals surface area contributed by atoms with Crippen LogP contribution in [0.25, 0.3) is 22.3 Å². The zero-order valence-electron chi connectivity index (χ0n) is 22.2. The van der Waals surface area contributed by atoms with Gasteiger partial charge >= 0.3 is 0 Å². The Morgan fingerprint density at radius 1 is 0.400 bits per heavy atom. The molecule has 0 unspecified atom stereocenters. The number of hydrogen-bond acceptors (Lipinski definition) is 1. The van der Waals surface area contributed by atoms with Gasteiger partial charge in [0.25, 0.3) is 0 Å². The molecular weight excluding hydrogens is 491 g/mol. The fraction of sp³-hybridized carbons (Fsp3) is 0.0263. The first-order valence-electron chi connectivity index (χ1n) is 13.2. The average molecular weight is 523 g/mol. The Morgan fingerprint density at radius 3 is 1.07 bits per heavy atom. The minimum absolute atomic E-state index is 0.109. The molecule has 1 nitrogen and oxygen atoms in total. The van der Waals surface area contributed by atoms with E-state index in [1.807, 2.05) is 12.1 Å². The summed E-state index contributed by atoms with van der Waals surface area (Å²) >= 11 is 0. The zero-order valence-corrected chi connectivity index (χ0v) is 22.2. The van der Waals surface area contributed by atoms with Gasteiger partial charge in [-0.1, -0.05) is 158 Å². The van der Waals surface area contributed by atoms with Crippen LogP contribution in [0.3, 0.4) is 0 Å². The van der Waals surface area contributed by atoms with Gasteiger partial charge in [-0.25, -0.2) is 4.39 Å². The molecule has 6 rings (SSSR count). The van der Waals surface area contributed by atoms with E-state index in [9.17, 15) is 9.18 Å². The highest BCUT2D eigenvalue weighted by atomic mass is 19.1. The van der Waals surface area contributed by atoms with Crippen LogP contribution in [0.15, 0.2) is 170 Å². The number of hydrogen-bond donors (Lipinski definition) is 0. The molecule has 0 aromatic heterocycles. The Morgan fingerprint density at radius 2 is 0.725 bits per heavy atom. The molecule has 196 valence electrons. The normalized spacial score (nSPS) is 9.82. The Hall–Kier alpha value is -5.08. The molecule has 0 saturated carbocycles. The number of carbonyl (C=O) groups excluding carboxylic acids is 1. The van der Waals surface area contributed by atoms with Gasteiger partial charge in [0.1, 0.15) is 5.82 Å². The molecule has 0 aliphatic rings. The summed E-state index contributed by atoms with van der Waals surface area (Å²) < 4.78 is 12.4. The highest BCUT2D eigenvalue weighted by molar-refractivity contribution is 5.74. The Bertz CT molecular complexity index is 1450. The third-order valence-electron chi connectivity index (χ3n) is 6.23. The van der Waals surface area contributed by atoms with Gasteiger partial charge < -0.3 is 0 Å². The average Bonchev–Trinajstić information content (AvgIpc) is 3.04. The Kier molecular flexibility index (Phi) is 10.7. The first-order valence-corrected chi connectivity index (χ1v) is 13.2. The van der Waals surface area contributed by atoms with Crippen molar-refractivity contribution >= 4 is 6.29 Å². The van der Waals surface area contributed by atoms with Crippen molar-refractivity contribution in [1.82, 2.24) is 0 Å². The highest BCUT2D eigenvalue weighted by Crippen LogP contribution is 2.24. The third kappa shape index (κ3) is 8.75. The standard InChI is InChI=1S/C18H14.C13H12.C7H5FO/c1-3-7-15(8-4-1)17-11-13-18(14-12-17)16-9-5-2-6-10-16;1-3-7-12(8-4-1)11-13-9-5-2-6-10-13;8-7-4-2-1-3-6(7)5-9/h1-14H;1-10H,11H2;1-5H. The first-order chi connectivity index (χ1) is 19.7. The van der Waals surface area contributed by atoms with E-state index in [0.717, 1.165) is 6.42 Å². The Balaban J connectivity index is 0.000000148. The molecule has 0 saturated heterocycles. The number of aldehydes is 1. The third-order valence-corrected chi connectivity index (χ3v) is 6.23. The maximum absolute atomic E-state index is 12.4. The summed E-state index contributed by atoms with van der Waals surface area (Å²) in [4.78, 5) is 9.99. The highest BCUT2D eigenvalue weighted by Gasteiger charge is 1.99. The topological polar surface area (TPSA) is 17.1 Å². The maximum atomic E-state index is 12.4. The predicted molar refractivity (Wildman–Crippen MR) is 165 cm³/mol. The van der Waals surface area contributed by atoms with Gasteiger partial charge in [0.05, 0.1) is 5.56 Å². The Labute approximate surface area is 236 Å². The second-order valence-corrected chi connectivity index (χ2v) is 9.10. The smallest absolute Gasteiger partial charge is 0.152 e. The van der Waals surface area contributed by atoms with Gasteiger partial charge in [0.15, 0.2) is 6.29 Å². The molecule has 0 aliphatic carbocycles. The molecule has 0 aliphatic heterocycles. The minimum Gasteiger partial charge on any atom is -0.298 e. The molecule has 0 radical (unpaired) electrons. The van der Waals surface area contributed by atoms with Gasteiger partial charge in [0, 0.05) is 0 Å². The van der Waals surface area contributed by atoms with E-state index in [4.69, 9.17) is 0 Å². The lowest BCUT2D eigenvalue weighted by Gasteiger charge is -2.04. The quantitative estimate of drug-likeness (QED) is 0.206. The van der Waals surface area contributed by atoms with Crippen LogP contribution in [0, 0.1) is 5.82 Å².